The maximum atomic E-state index is 12.4. The monoisotopic (exact) mass is 256 g/mol. The summed E-state index contributed by atoms with van der Waals surface area (Å²) in [5, 5.41) is 9.12. The van der Waals surface area contributed by atoms with Crippen molar-refractivity contribution >= 4 is 12.0 Å². The molecule has 0 aliphatic carbocycles. The molecule has 6 nitrogen and oxygen atoms in total. The van der Waals surface area contributed by atoms with Gasteiger partial charge in [0, 0.05) is 19.6 Å². The molecule has 0 saturated carbocycles. The van der Waals surface area contributed by atoms with Crippen LogP contribution < -0.4 is 0 Å². The van der Waals surface area contributed by atoms with E-state index in [1.807, 2.05) is 0 Å². The van der Waals surface area contributed by atoms with Gasteiger partial charge in [0.1, 0.15) is 0 Å². The number of rotatable bonds is 1. The number of hydrogen-bond acceptors (Lipinski definition) is 3. The van der Waals surface area contributed by atoms with Gasteiger partial charge in [0.2, 0.25) is 0 Å². The Morgan fingerprint density at radius 2 is 1.72 bits per heavy atom. The third-order valence-corrected chi connectivity index (χ3v) is 3.54. The second kappa shape index (κ2) is 6.04. The van der Waals surface area contributed by atoms with Gasteiger partial charge in [-0.2, -0.15) is 0 Å². The van der Waals surface area contributed by atoms with E-state index < -0.39 is 12.0 Å². The Labute approximate surface area is 106 Å². The Balaban J connectivity index is 2.02. The van der Waals surface area contributed by atoms with Crippen molar-refractivity contribution in [1.29, 1.82) is 0 Å². The molecule has 2 rings (SSSR count). The van der Waals surface area contributed by atoms with Crippen molar-refractivity contribution in [3.63, 3.8) is 0 Å². The van der Waals surface area contributed by atoms with Crippen LogP contribution in [0.3, 0.4) is 0 Å². The van der Waals surface area contributed by atoms with Crippen LogP contribution >= 0.6 is 0 Å². The summed E-state index contributed by atoms with van der Waals surface area (Å²) in [5.41, 5.74) is 0. The van der Waals surface area contributed by atoms with Crippen LogP contribution in [0, 0.1) is 0 Å². The van der Waals surface area contributed by atoms with Crippen molar-refractivity contribution in [3.8, 4) is 0 Å². The molecule has 0 radical (unpaired) electrons. The highest BCUT2D eigenvalue weighted by atomic mass is 16.5. The molecule has 2 amide bonds. The fourth-order valence-corrected chi connectivity index (χ4v) is 2.48. The lowest BCUT2D eigenvalue weighted by Crippen LogP contribution is -2.56. The molecule has 2 saturated heterocycles. The lowest BCUT2D eigenvalue weighted by molar-refractivity contribution is -0.147. The number of carboxylic acids is 1. The normalized spacial score (nSPS) is 25.7. The zero-order chi connectivity index (χ0) is 13.0. The molecule has 1 N–H and O–H groups in total. The van der Waals surface area contributed by atoms with Gasteiger partial charge in [0.25, 0.3) is 0 Å². The number of carboxylic acid groups (broad SMARTS) is 1. The summed E-state index contributed by atoms with van der Waals surface area (Å²) in [7, 11) is 0. The molecule has 6 heteroatoms. The van der Waals surface area contributed by atoms with Crippen molar-refractivity contribution in [2.75, 3.05) is 32.8 Å². The Bertz CT molecular complexity index is 313. The Morgan fingerprint density at radius 3 is 2.33 bits per heavy atom. The Hall–Kier alpha value is -1.30. The summed E-state index contributed by atoms with van der Waals surface area (Å²) >= 11 is 0. The van der Waals surface area contributed by atoms with E-state index in [0.29, 0.717) is 13.2 Å². The molecule has 0 aromatic carbocycles. The van der Waals surface area contributed by atoms with Crippen LogP contribution in [0.25, 0.3) is 0 Å². The molecular weight excluding hydrogens is 236 g/mol. The van der Waals surface area contributed by atoms with Crippen molar-refractivity contribution in [2.24, 2.45) is 0 Å². The minimum Gasteiger partial charge on any atom is -0.480 e. The smallest absolute Gasteiger partial charge is 0.328 e. The van der Waals surface area contributed by atoms with Crippen LogP contribution in [0.5, 0.6) is 0 Å². The van der Waals surface area contributed by atoms with Gasteiger partial charge >= 0.3 is 12.0 Å². The maximum Gasteiger partial charge on any atom is 0.328 e. The summed E-state index contributed by atoms with van der Waals surface area (Å²) in [6.07, 6.45) is 4.31. The lowest BCUT2D eigenvalue weighted by Gasteiger charge is -2.36. The zero-order valence-electron chi connectivity index (χ0n) is 10.5. The standard InChI is InChI=1S/C12H20N2O4/c15-11(16)10-9-18-8-7-14(10)12(17)13-5-3-1-2-4-6-13/h10H,1-9H2,(H,15,16). The van der Waals surface area contributed by atoms with Gasteiger partial charge in [-0.3, -0.25) is 0 Å². The van der Waals surface area contributed by atoms with Crippen molar-refractivity contribution in [1.82, 2.24) is 9.80 Å². The van der Waals surface area contributed by atoms with E-state index in [9.17, 15) is 9.59 Å². The molecule has 0 bridgehead atoms. The first kappa shape index (κ1) is 13.1. The minimum atomic E-state index is -0.988. The summed E-state index contributed by atoms with van der Waals surface area (Å²) in [6, 6.07) is -0.984. The fraction of sp³-hybridized carbons (Fsp3) is 0.833. The predicted octanol–water partition coefficient (Wildman–Crippen LogP) is 0.768. The number of likely N-dealkylation sites (tertiary alicyclic amines) is 1. The highest BCUT2D eigenvalue weighted by molar-refractivity contribution is 5.83. The third-order valence-electron chi connectivity index (χ3n) is 3.54. The van der Waals surface area contributed by atoms with Crippen molar-refractivity contribution in [3.05, 3.63) is 0 Å². The Morgan fingerprint density at radius 1 is 1.06 bits per heavy atom. The van der Waals surface area contributed by atoms with Gasteiger partial charge in [-0.05, 0) is 12.8 Å². The molecule has 0 aromatic heterocycles. The topological polar surface area (TPSA) is 70.1 Å². The number of morpholine rings is 1. The largest absolute Gasteiger partial charge is 0.480 e. The van der Waals surface area contributed by atoms with E-state index in [1.165, 1.54) is 4.90 Å². The molecule has 2 fully saturated rings. The Kier molecular flexibility index (Phi) is 4.41. The van der Waals surface area contributed by atoms with Crippen LogP contribution in [-0.2, 0) is 9.53 Å². The van der Waals surface area contributed by atoms with E-state index in [-0.39, 0.29) is 12.6 Å². The van der Waals surface area contributed by atoms with E-state index in [0.717, 1.165) is 38.8 Å². The number of ether oxygens (including phenoxy) is 1. The molecule has 1 unspecified atom stereocenters. The number of nitrogens with zero attached hydrogens (tertiary/aromatic N) is 2. The van der Waals surface area contributed by atoms with Gasteiger partial charge in [-0.15, -0.1) is 0 Å². The number of amides is 2. The third kappa shape index (κ3) is 2.93. The number of carbonyl (C=O) groups is 2. The summed E-state index contributed by atoms with van der Waals surface area (Å²) in [6.45, 7) is 2.36. The van der Waals surface area contributed by atoms with E-state index in [1.54, 1.807) is 4.90 Å². The maximum absolute atomic E-state index is 12.4. The number of aliphatic carboxylic acids is 1. The number of hydrogen-bond donors (Lipinski definition) is 1. The summed E-state index contributed by atoms with van der Waals surface area (Å²) in [4.78, 5) is 26.7. The first-order chi connectivity index (χ1) is 8.70. The second-order valence-corrected chi connectivity index (χ2v) is 4.81. The van der Waals surface area contributed by atoms with Gasteiger partial charge in [-0.1, -0.05) is 12.8 Å². The fourth-order valence-electron chi connectivity index (χ4n) is 2.48. The molecule has 18 heavy (non-hydrogen) atoms. The molecule has 2 aliphatic rings. The van der Waals surface area contributed by atoms with Crippen LogP contribution in [0.15, 0.2) is 0 Å². The highest BCUT2D eigenvalue weighted by Crippen LogP contribution is 2.15. The molecular formula is C12H20N2O4. The van der Waals surface area contributed by atoms with Crippen molar-refractivity contribution in [2.45, 2.75) is 31.7 Å². The average Bonchev–Trinajstić information content (AvgIpc) is 2.66. The van der Waals surface area contributed by atoms with E-state index in [4.69, 9.17) is 9.84 Å². The molecule has 0 aromatic rings. The molecule has 0 spiro atoms. The lowest BCUT2D eigenvalue weighted by atomic mass is 10.2. The first-order valence-electron chi connectivity index (χ1n) is 6.56. The van der Waals surface area contributed by atoms with Crippen LogP contribution in [0.1, 0.15) is 25.7 Å². The number of urea groups is 1. The first-order valence-corrected chi connectivity index (χ1v) is 6.56. The zero-order valence-corrected chi connectivity index (χ0v) is 10.5. The van der Waals surface area contributed by atoms with Gasteiger partial charge in [0.15, 0.2) is 6.04 Å². The molecule has 2 aliphatic heterocycles. The predicted molar refractivity (Wildman–Crippen MR) is 64.4 cm³/mol. The van der Waals surface area contributed by atoms with Gasteiger partial charge in [-0.25, -0.2) is 9.59 Å². The second-order valence-electron chi connectivity index (χ2n) is 4.81. The van der Waals surface area contributed by atoms with Crippen molar-refractivity contribution < 1.29 is 19.4 Å². The molecule has 2 heterocycles. The summed E-state index contributed by atoms with van der Waals surface area (Å²) < 4.78 is 5.14. The minimum absolute atomic E-state index is 0.0922. The van der Waals surface area contributed by atoms with E-state index in [2.05, 4.69) is 0 Å². The average molecular weight is 256 g/mol. The van der Waals surface area contributed by atoms with E-state index >= 15 is 0 Å². The van der Waals surface area contributed by atoms with Crippen LogP contribution in [0.4, 0.5) is 4.79 Å². The quantitative estimate of drug-likeness (QED) is 0.752. The molecule has 102 valence electrons. The summed E-state index contributed by atoms with van der Waals surface area (Å²) in [5.74, 6) is -0.988. The van der Waals surface area contributed by atoms with Gasteiger partial charge < -0.3 is 19.6 Å². The highest BCUT2D eigenvalue weighted by Gasteiger charge is 2.35. The SMILES string of the molecule is O=C(O)C1COCCN1C(=O)N1CCCCCC1. The van der Waals surface area contributed by atoms with Gasteiger partial charge in [0.05, 0.1) is 13.2 Å². The van der Waals surface area contributed by atoms with Crippen LogP contribution in [0.2, 0.25) is 0 Å². The van der Waals surface area contributed by atoms with Crippen LogP contribution in [-0.4, -0.2) is 65.8 Å². The number of carbonyl (C=O) groups excluding carboxylic acids is 1. The molecule has 1 atom stereocenters.